The Bertz CT molecular complexity index is 390. The molecule has 18 heavy (non-hydrogen) atoms. The topological polar surface area (TPSA) is 30.5 Å². The van der Waals surface area contributed by atoms with Crippen LogP contribution in [-0.2, 0) is 9.47 Å². The first kappa shape index (κ1) is 13.5. The van der Waals surface area contributed by atoms with E-state index in [1.165, 1.54) is 22.3 Å². The van der Waals surface area contributed by atoms with Gasteiger partial charge in [0.25, 0.3) is 0 Å². The van der Waals surface area contributed by atoms with Crippen LogP contribution in [0.3, 0.4) is 0 Å². The Morgan fingerprint density at radius 3 is 2.33 bits per heavy atom. The number of hydrogen-bond donors (Lipinski definition) is 1. The molecular formula is C15H23NO2. The first-order valence-corrected chi connectivity index (χ1v) is 6.56. The Morgan fingerprint density at radius 1 is 1.28 bits per heavy atom. The number of nitrogens with one attached hydrogen (secondary N) is 1. The molecule has 1 saturated heterocycles. The number of likely N-dealkylation sites (N-methyl/N-ethyl adjacent to an activating group) is 1. The van der Waals surface area contributed by atoms with Crippen molar-refractivity contribution >= 4 is 0 Å². The molecule has 0 spiro atoms. The van der Waals surface area contributed by atoms with Crippen molar-refractivity contribution in [2.75, 3.05) is 26.9 Å². The zero-order valence-corrected chi connectivity index (χ0v) is 11.7. The predicted molar refractivity (Wildman–Crippen MR) is 73.0 cm³/mol. The molecule has 1 atom stereocenters. The summed E-state index contributed by atoms with van der Waals surface area (Å²) in [5.74, 6) is 0. The molecule has 0 aliphatic carbocycles. The zero-order chi connectivity index (χ0) is 13.1. The summed E-state index contributed by atoms with van der Waals surface area (Å²) in [5.41, 5.74) is 5.35. The Morgan fingerprint density at radius 2 is 1.89 bits per heavy atom. The van der Waals surface area contributed by atoms with Crippen molar-refractivity contribution in [2.24, 2.45) is 0 Å². The van der Waals surface area contributed by atoms with E-state index in [0.29, 0.717) is 6.61 Å². The maximum atomic E-state index is 5.84. The van der Waals surface area contributed by atoms with Crippen LogP contribution in [0.5, 0.6) is 0 Å². The van der Waals surface area contributed by atoms with Crippen molar-refractivity contribution in [2.45, 2.75) is 32.9 Å². The maximum Gasteiger partial charge on any atom is 0.104 e. The van der Waals surface area contributed by atoms with Gasteiger partial charge < -0.3 is 14.8 Å². The van der Waals surface area contributed by atoms with Gasteiger partial charge >= 0.3 is 0 Å². The van der Waals surface area contributed by atoms with Crippen molar-refractivity contribution in [3.63, 3.8) is 0 Å². The lowest BCUT2D eigenvalue weighted by molar-refractivity contribution is -0.133. The normalized spacial score (nSPS) is 17.6. The summed E-state index contributed by atoms with van der Waals surface area (Å²) >= 11 is 0. The third-order valence-electron chi connectivity index (χ3n) is 3.54. The summed E-state index contributed by atoms with van der Waals surface area (Å²) in [5, 5.41) is 3.36. The van der Waals surface area contributed by atoms with Gasteiger partial charge in [0, 0.05) is 0 Å². The SMILES string of the molecule is CNC(COC1COC1)c1c(C)cc(C)cc1C. The van der Waals surface area contributed by atoms with Gasteiger partial charge in [0.15, 0.2) is 0 Å². The molecule has 2 rings (SSSR count). The van der Waals surface area contributed by atoms with E-state index in [2.05, 4.69) is 38.2 Å². The summed E-state index contributed by atoms with van der Waals surface area (Å²) in [7, 11) is 1.99. The zero-order valence-electron chi connectivity index (χ0n) is 11.7. The predicted octanol–water partition coefficient (Wildman–Crippen LogP) is 2.29. The van der Waals surface area contributed by atoms with Crippen LogP contribution in [0.1, 0.15) is 28.3 Å². The van der Waals surface area contributed by atoms with Gasteiger partial charge in [0.05, 0.1) is 25.9 Å². The summed E-state index contributed by atoms with van der Waals surface area (Å²) in [6, 6.07) is 4.73. The highest BCUT2D eigenvalue weighted by Crippen LogP contribution is 2.24. The lowest BCUT2D eigenvalue weighted by Gasteiger charge is -2.29. The Kier molecular flexibility index (Phi) is 4.38. The van der Waals surface area contributed by atoms with E-state index in [1.807, 2.05) is 7.05 Å². The van der Waals surface area contributed by atoms with Gasteiger partial charge in [-0.1, -0.05) is 17.7 Å². The Labute approximate surface area is 109 Å². The average Bonchev–Trinajstić information content (AvgIpc) is 2.23. The van der Waals surface area contributed by atoms with Gasteiger partial charge in [-0.05, 0) is 44.5 Å². The first-order chi connectivity index (χ1) is 8.61. The molecule has 0 amide bonds. The lowest BCUT2D eigenvalue weighted by Crippen LogP contribution is -2.38. The molecule has 100 valence electrons. The standard InChI is InChI=1S/C15H23NO2/c1-10-5-11(2)15(12(3)6-10)14(16-4)9-18-13-7-17-8-13/h5-6,13-14,16H,7-9H2,1-4H3. The van der Waals surface area contributed by atoms with E-state index in [4.69, 9.17) is 9.47 Å². The van der Waals surface area contributed by atoms with Crippen LogP contribution in [0.15, 0.2) is 12.1 Å². The second-order valence-electron chi connectivity index (χ2n) is 5.15. The second-order valence-corrected chi connectivity index (χ2v) is 5.15. The summed E-state index contributed by atoms with van der Waals surface area (Å²) in [6.07, 6.45) is 0.284. The number of rotatable bonds is 5. The van der Waals surface area contributed by atoms with Gasteiger partial charge in [-0.3, -0.25) is 0 Å². The maximum absolute atomic E-state index is 5.84. The molecule has 1 fully saturated rings. The van der Waals surface area contributed by atoms with Crippen molar-refractivity contribution in [1.82, 2.24) is 5.32 Å². The molecule has 1 heterocycles. The molecule has 0 bridgehead atoms. The smallest absolute Gasteiger partial charge is 0.104 e. The van der Waals surface area contributed by atoms with Crippen LogP contribution >= 0.6 is 0 Å². The molecule has 1 aromatic rings. The largest absolute Gasteiger partial charge is 0.376 e. The highest BCUT2D eigenvalue weighted by molar-refractivity contribution is 5.39. The van der Waals surface area contributed by atoms with Crippen LogP contribution < -0.4 is 5.32 Å². The van der Waals surface area contributed by atoms with E-state index in [1.54, 1.807) is 0 Å². The van der Waals surface area contributed by atoms with E-state index in [0.717, 1.165) is 13.2 Å². The number of aryl methyl sites for hydroxylation is 3. The van der Waals surface area contributed by atoms with Crippen molar-refractivity contribution < 1.29 is 9.47 Å². The van der Waals surface area contributed by atoms with E-state index in [9.17, 15) is 0 Å². The molecule has 0 radical (unpaired) electrons. The van der Waals surface area contributed by atoms with Crippen molar-refractivity contribution in [3.05, 3.63) is 34.4 Å². The minimum absolute atomic E-state index is 0.256. The van der Waals surface area contributed by atoms with Crippen LogP contribution in [0.25, 0.3) is 0 Å². The molecule has 3 nitrogen and oxygen atoms in total. The third-order valence-corrected chi connectivity index (χ3v) is 3.54. The van der Waals surface area contributed by atoms with Crippen LogP contribution in [-0.4, -0.2) is 33.0 Å². The average molecular weight is 249 g/mol. The fourth-order valence-electron chi connectivity index (χ4n) is 2.59. The minimum atomic E-state index is 0.256. The number of ether oxygens (including phenoxy) is 2. The first-order valence-electron chi connectivity index (χ1n) is 6.56. The molecule has 1 unspecified atom stereocenters. The van der Waals surface area contributed by atoms with Crippen LogP contribution in [0, 0.1) is 20.8 Å². The van der Waals surface area contributed by atoms with Crippen molar-refractivity contribution in [3.8, 4) is 0 Å². The van der Waals surface area contributed by atoms with E-state index in [-0.39, 0.29) is 12.1 Å². The van der Waals surface area contributed by atoms with Gasteiger partial charge in [-0.2, -0.15) is 0 Å². The summed E-state index contributed by atoms with van der Waals surface area (Å²) < 4.78 is 11.0. The third kappa shape index (κ3) is 2.91. The minimum Gasteiger partial charge on any atom is -0.376 e. The summed E-state index contributed by atoms with van der Waals surface area (Å²) in [4.78, 5) is 0. The van der Waals surface area contributed by atoms with Gasteiger partial charge in [-0.15, -0.1) is 0 Å². The number of hydrogen-bond acceptors (Lipinski definition) is 3. The highest BCUT2D eigenvalue weighted by Gasteiger charge is 2.22. The highest BCUT2D eigenvalue weighted by atomic mass is 16.6. The molecule has 3 heteroatoms. The summed E-state index contributed by atoms with van der Waals surface area (Å²) in [6.45, 7) is 8.67. The van der Waals surface area contributed by atoms with E-state index >= 15 is 0 Å². The Hall–Kier alpha value is -0.900. The fraction of sp³-hybridized carbons (Fsp3) is 0.600. The van der Waals surface area contributed by atoms with Gasteiger partial charge in [0.2, 0.25) is 0 Å². The van der Waals surface area contributed by atoms with Gasteiger partial charge in [-0.25, -0.2) is 0 Å². The number of benzene rings is 1. The lowest BCUT2D eigenvalue weighted by atomic mass is 9.94. The van der Waals surface area contributed by atoms with E-state index < -0.39 is 0 Å². The van der Waals surface area contributed by atoms with Gasteiger partial charge in [0.1, 0.15) is 6.10 Å². The molecule has 0 aromatic heterocycles. The molecule has 1 N–H and O–H groups in total. The second kappa shape index (κ2) is 5.83. The molecule has 1 aromatic carbocycles. The quantitative estimate of drug-likeness (QED) is 0.868. The fourth-order valence-corrected chi connectivity index (χ4v) is 2.59. The molecule has 1 aliphatic heterocycles. The monoisotopic (exact) mass is 249 g/mol. The molecule has 1 aliphatic rings. The van der Waals surface area contributed by atoms with Crippen molar-refractivity contribution in [1.29, 1.82) is 0 Å². The van der Waals surface area contributed by atoms with Crippen LogP contribution in [0.4, 0.5) is 0 Å². The van der Waals surface area contributed by atoms with Crippen LogP contribution in [0.2, 0.25) is 0 Å². The Balaban J connectivity index is 2.10. The molecular weight excluding hydrogens is 226 g/mol. The molecule has 0 saturated carbocycles.